The smallest absolute Gasteiger partial charge is 0.276 e. The molecule has 174 valence electrons. The molecule has 1 saturated heterocycles. The number of anilines is 2. The Kier molecular flexibility index (Phi) is 6.20. The number of nitrogens with one attached hydrogen (secondary N) is 2. The Morgan fingerprint density at radius 3 is 2.71 bits per heavy atom. The molecule has 0 radical (unpaired) electrons. The number of fused-ring (bicyclic) bond motifs is 1. The van der Waals surface area contributed by atoms with Crippen LogP contribution in [0, 0.1) is 0 Å². The van der Waals surface area contributed by atoms with E-state index in [2.05, 4.69) is 36.4 Å². The van der Waals surface area contributed by atoms with Crippen LogP contribution in [0.1, 0.15) is 16.1 Å². The molecule has 0 saturated carbocycles. The highest BCUT2D eigenvalue weighted by molar-refractivity contribution is 6.11. The normalized spacial score (nSPS) is 14.0. The van der Waals surface area contributed by atoms with E-state index in [-0.39, 0.29) is 5.91 Å². The molecule has 34 heavy (non-hydrogen) atoms. The maximum Gasteiger partial charge on any atom is 0.276 e. The van der Waals surface area contributed by atoms with Crippen molar-refractivity contribution in [2.24, 2.45) is 0 Å². The van der Waals surface area contributed by atoms with Gasteiger partial charge in [-0.05, 0) is 49.5 Å². The fourth-order valence-electron chi connectivity index (χ4n) is 4.14. The molecular weight excluding hydrogens is 430 g/mol. The molecule has 1 aliphatic heterocycles. The van der Waals surface area contributed by atoms with Crippen LogP contribution >= 0.6 is 0 Å². The summed E-state index contributed by atoms with van der Waals surface area (Å²) < 4.78 is 5.46. The topological polar surface area (TPSA) is 99.3 Å². The number of H-pyrrole nitrogens is 1. The van der Waals surface area contributed by atoms with Crippen molar-refractivity contribution >= 4 is 28.2 Å². The van der Waals surface area contributed by atoms with Crippen LogP contribution < -0.4 is 10.2 Å². The van der Waals surface area contributed by atoms with Gasteiger partial charge in [0.05, 0.1) is 42.5 Å². The number of rotatable bonds is 6. The van der Waals surface area contributed by atoms with Crippen molar-refractivity contribution in [1.29, 1.82) is 0 Å². The molecule has 9 heteroatoms. The van der Waals surface area contributed by atoms with Gasteiger partial charge < -0.3 is 19.9 Å². The summed E-state index contributed by atoms with van der Waals surface area (Å²) in [6.45, 7) is 3.87. The lowest BCUT2D eigenvalue weighted by atomic mass is 10.0. The number of hydrogen-bond acceptors (Lipinski definition) is 7. The van der Waals surface area contributed by atoms with Crippen LogP contribution in [0.5, 0.6) is 0 Å². The van der Waals surface area contributed by atoms with Gasteiger partial charge in [-0.15, -0.1) is 0 Å². The molecule has 0 unspecified atom stereocenters. The van der Waals surface area contributed by atoms with Crippen molar-refractivity contribution < 1.29 is 9.53 Å². The number of benzene rings is 1. The predicted octanol–water partition coefficient (Wildman–Crippen LogP) is 3.17. The van der Waals surface area contributed by atoms with Crippen molar-refractivity contribution in [2.75, 3.05) is 50.6 Å². The van der Waals surface area contributed by atoms with Gasteiger partial charge in [0.15, 0.2) is 5.69 Å². The number of morpholine rings is 1. The van der Waals surface area contributed by atoms with E-state index in [4.69, 9.17) is 4.74 Å². The van der Waals surface area contributed by atoms with Gasteiger partial charge in [0.1, 0.15) is 0 Å². The van der Waals surface area contributed by atoms with E-state index in [1.807, 2.05) is 55.7 Å². The Hall–Kier alpha value is -3.82. The number of carbonyl (C=O) groups excluding carboxylic acids is 1. The van der Waals surface area contributed by atoms with Gasteiger partial charge in [0.2, 0.25) is 0 Å². The summed E-state index contributed by atoms with van der Waals surface area (Å²) in [4.78, 5) is 26.1. The number of aromatic amines is 1. The predicted molar refractivity (Wildman–Crippen MR) is 132 cm³/mol. The quantitative estimate of drug-likeness (QED) is 0.459. The lowest BCUT2D eigenvalue weighted by Gasteiger charge is -2.28. The van der Waals surface area contributed by atoms with E-state index in [9.17, 15) is 4.79 Å². The minimum atomic E-state index is -0.285. The Balaban J connectivity index is 1.41. The molecule has 1 amide bonds. The van der Waals surface area contributed by atoms with Gasteiger partial charge >= 0.3 is 0 Å². The largest absolute Gasteiger partial charge is 0.378 e. The average Bonchev–Trinajstić information content (AvgIpc) is 3.28. The molecule has 0 spiro atoms. The van der Waals surface area contributed by atoms with Gasteiger partial charge in [0.25, 0.3) is 5.91 Å². The van der Waals surface area contributed by atoms with Crippen LogP contribution in [0.3, 0.4) is 0 Å². The highest BCUT2D eigenvalue weighted by atomic mass is 16.5. The summed E-state index contributed by atoms with van der Waals surface area (Å²) in [6, 6.07) is 9.98. The van der Waals surface area contributed by atoms with Crippen molar-refractivity contribution in [3.8, 4) is 11.1 Å². The maximum atomic E-state index is 13.1. The molecule has 0 aliphatic carbocycles. The van der Waals surface area contributed by atoms with Crippen molar-refractivity contribution in [2.45, 2.75) is 6.54 Å². The van der Waals surface area contributed by atoms with Gasteiger partial charge in [-0.25, -0.2) is 0 Å². The first kappa shape index (κ1) is 22.0. The SMILES string of the molecule is CN(C)Cc1cncc(NC(=O)c2n[nH]c3ccc(-c4cncc(N5CCOCC5)c4)cc23)c1. The molecular formula is C25H27N7O2. The molecule has 4 heterocycles. The van der Waals surface area contributed by atoms with Gasteiger partial charge in [-0.3, -0.25) is 19.9 Å². The van der Waals surface area contributed by atoms with Crippen LogP contribution in [0.15, 0.2) is 55.1 Å². The fourth-order valence-corrected chi connectivity index (χ4v) is 4.14. The number of carbonyl (C=O) groups is 1. The zero-order valence-corrected chi connectivity index (χ0v) is 19.3. The van der Waals surface area contributed by atoms with Gasteiger partial charge in [0, 0.05) is 43.0 Å². The second-order valence-corrected chi connectivity index (χ2v) is 8.64. The third-order valence-corrected chi connectivity index (χ3v) is 5.76. The maximum absolute atomic E-state index is 13.1. The summed E-state index contributed by atoms with van der Waals surface area (Å²) in [5.41, 5.74) is 5.82. The van der Waals surface area contributed by atoms with Crippen LogP contribution in [-0.2, 0) is 11.3 Å². The molecule has 9 nitrogen and oxygen atoms in total. The van der Waals surface area contributed by atoms with Crippen LogP contribution in [0.4, 0.5) is 11.4 Å². The number of amides is 1. The van der Waals surface area contributed by atoms with Crippen molar-refractivity contribution in [1.82, 2.24) is 25.1 Å². The summed E-state index contributed by atoms with van der Waals surface area (Å²) >= 11 is 0. The first-order chi connectivity index (χ1) is 16.6. The van der Waals surface area contributed by atoms with Crippen molar-refractivity contribution in [3.05, 3.63) is 66.4 Å². The molecule has 4 aromatic rings. The average molecular weight is 458 g/mol. The zero-order chi connectivity index (χ0) is 23.5. The first-order valence-corrected chi connectivity index (χ1v) is 11.2. The second kappa shape index (κ2) is 9.58. The third-order valence-electron chi connectivity index (χ3n) is 5.76. The minimum Gasteiger partial charge on any atom is -0.378 e. The van der Waals surface area contributed by atoms with E-state index in [1.165, 1.54) is 0 Å². The Labute approximate surface area is 197 Å². The second-order valence-electron chi connectivity index (χ2n) is 8.64. The van der Waals surface area contributed by atoms with Crippen molar-refractivity contribution in [3.63, 3.8) is 0 Å². The van der Waals surface area contributed by atoms with E-state index in [0.717, 1.165) is 66.1 Å². The third kappa shape index (κ3) is 4.75. The number of nitrogens with zero attached hydrogens (tertiary/aromatic N) is 5. The lowest BCUT2D eigenvalue weighted by molar-refractivity contribution is 0.102. The molecule has 2 N–H and O–H groups in total. The standard InChI is InChI=1S/C25H27N7O2/c1-31(2)16-17-9-20(14-26-12-17)28-25(33)24-22-11-18(3-4-23(22)29-30-24)19-10-21(15-27-13-19)32-5-7-34-8-6-32/h3-4,9-15H,5-8,16H2,1-2H3,(H,28,33)(H,29,30). The fraction of sp³-hybridized carbons (Fsp3) is 0.280. The summed E-state index contributed by atoms with van der Waals surface area (Å²) in [5, 5.41) is 10.9. The highest BCUT2D eigenvalue weighted by Crippen LogP contribution is 2.28. The first-order valence-electron chi connectivity index (χ1n) is 11.2. The summed E-state index contributed by atoms with van der Waals surface area (Å²) in [6.07, 6.45) is 7.15. The zero-order valence-electron chi connectivity index (χ0n) is 19.3. The number of ether oxygens (including phenoxy) is 1. The Morgan fingerprint density at radius 1 is 1.06 bits per heavy atom. The molecule has 3 aromatic heterocycles. The van der Waals surface area contributed by atoms with E-state index < -0.39 is 0 Å². The summed E-state index contributed by atoms with van der Waals surface area (Å²) in [7, 11) is 3.98. The minimum absolute atomic E-state index is 0.285. The lowest BCUT2D eigenvalue weighted by Crippen LogP contribution is -2.36. The van der Waals surface area contributed by atoms with Crippen LogP contribution in [0.25, 0.3) is 22.0 Å². The number of hydrogen-bond donors (Lipinski definition) is 2. The molecule has 0 atom stereocenters. The number of aromatic nitrogens is 4. The van der Waals surface area contributed by atoms with Gasteiger partial charge in [-0.1, -0.05) is 6.07 Å². The van der Waals surface area contributed by atoms with Crippen LogP contribution in [-0.4, -0.2) is 71.4 Å². The molecule has 5 rings (SSSR count). The molecule has 1 fully saturated rings. The monoisotopic (exact) mass is 457 g/mol. The number of pyridine rings is 2. The van der Waals surface area contributed by atoms with E-state index in [0.29, 0.717) is 11.4 Å². The summed E-state index contributed by atoms with van der Waals surface area (Å²) in [5.74, 6) is -0.285. The Bertz CT molecular complexity index is 1310. The molecule has 1 aromatic carbocycles. The molecule has 0 bridgehead atoms. The van der Waals surface area contributed by atoms with E-state index >= 15 is 0 Å². The highest BCUT2D eigenvalue weighted by Gasteiger charge is 2.17. The Morgan fingerprint density at radius 2 is 1.88 bits per heavy atom. The van der Waals surface area contributed by atoms with Crippen LogP contribution in [0.2, 0.25) is 0 Å². The van der Waals surface area contributed by atoms with Gasteiger partial charge in [-0.2, -0.15) is 5.10 Å². The molecule has 1 aliphatic rings. The van der Waals surface area contributed by atoms with E-state index in [1.54, 1.807) is 12.4 Å².